The number of anilines is 2. The van der Waals surface area contributed by atoms with E-state index in [-0.39, 0.29) is 29.6 Å². The number of alkyl halides is 2. The summed E-state index contributed by atoms with van der Waals surface area (Å²) >= 11 is 1.57. The Bertz CT molecular complexity index is 1160. The highest BCUT2D eigenvalue weighted by Crippen LogP contribution is 2.55. The van der Waals surface area contributed by atoms with Crippen LogP contribution in [-0.2, 0) is 0 Å². The number of hydrogen-bond donors (Lipinski definition) is 2. The maximum Gasteiger partial charge on any atom is 0.261 e. The van der Waals surface area contributed by atoms with Crippen molar-refractivity contribution in [2.45, 2.75) is 29.7 Å². The summed E-state index contributed by atoms with van der Waals surface area (Å²) in [6.07, 6.45) is 1.06. The molecule has 2 heterocycles. The van der Waals surface area contributed by atoms with Crippen LogP contribution >= 0.6 is 11.9 Å². The number of aromatic amines is 1. The van der Waals surface area contributed by atoms with Crippen LogP contribution in [-0.4, -0.2) is 39.1 Å². The van der Waals surface area contributed by atoms with Crippen molar-refractivity contribution in [1.82, 2.24) is 19.1 Å². The van der Waals surface area contributed by atoms with Crippen molar-refractivity contribution >= 4 is 34.4 Å². The van der Waals surface area contributed by atoms with Gasteiger partial charge in [0.2, 0.25) is 0 Å². The molecular weight excluding hydrogens is 410 g/mol. The Morgan fingerprint density at radius 3 is 2.70 bits per heavy atom. The monoisotopic (exact) mass is 430 g/mol. The lowest BCUT2D eigenvalue weighted by molar-refractivity contribution is 0.0853. The molecule has 0 spiro atoms. The molecule has 0 aliphatic heterocycles. The number of fused-ring (bicyclic) bond motifs is 1. The second-order valence-electron chi connectivity index (χ2n) is 7.41. The molecule has 2 N–H and O–H groups in total. The van der Waals surface area contributed by atoms with Crippen molar-refractivity contribution < 1.29 is 8.78 Å². The number of aromatic nitrogens is 3. The van der Waals surface area contributed by atoms with E-state index in [1.54, 1.807) is 18.0 Å². The number of H-pyrrole nitrogens is 1. The van der Waals surface area contributed by atoms with Crippen LogP contribution in [0.4, 0.5) is 20.3 Å². The third-order valence-electron chi connectivity index (χ3n) is 4.99. The average Bonchev–Trinajstić information content (AvgIpc) is 3.16. The summed E-state index contributed by atoms with van der Waals surface area (Å²) in [7, 11) is 3.89. The van der Waals surface area contributed by atoms with E-state index in [2.05, 4.69) is 15.4 Å². The minimum Gasteiger partial charge on any atom is -0.338 e. The fourth-order valence-electron chi connectivity index (χ4n) is 3.53. The van der Waals surface area contributed by atoms with E-state index in [4.69, 9.17) is 0 Å². The zero-order valence-electron chi connectivity index (χ0n) is 16.4. The van der Waals surface area contributed by atoms with E-state index in [0.29, 0.717) is 11.2 Å². The Balaban J connectivity index is 1.72. The van der Waals surface area contributed by atoms with Crippen molar-refractivity contribution in [3.05, 3.63) is 46.9 Å². The molecule has 3 aromatic rings. The van der Waals surface area contributed by atoms with Crippen molar-refractivity contribution in [3.63, 3.8) is 0 Å². The normalized spacial score (nSPS) is 18.3. The molecule has 0 radical (unpaired) electrons. The summed E-state index contributed by atoms with van der Waals surface area (Å²) < 4.78 is 30.9. The lowest BCUT2D eigenvalue weighted by Crippen LogP contribution is -2.16. The van der Waals surface area contributed by atoms with Crippen LogP contribution in [0.2, 0.25) is 0 Å². The number of nitriles is 1. The number of benzene rings is 1. The zero-order valence-corrected chi connectivity index (χ0v) is 17.2. The molecule has 156 valence electrons. The fraction of sp³-hybridized carbons (Fsp3) is 0.350. The molecular formula is C20H20F2N6OS. The van der Waals surface area contributed by atoms with Crippen LogP contribution < -0.4 is 10.9 Å². The van der Waals surface area contributed by atoms with Gasteiger partial charge in [0.1, 0.15) is 5.39 Å². The summed E-state index contributed by atoms with van der Waals surface area (Å²) in [4.78, 5) is 16.2. The second-order valence-corrected chi connectivity index (χ2v) is 8.80. The van der Waals surface area contributed by atoms with Crippen LogP contribution in [0.15, 0.2) is 46.2 Å². The minimum absolute atomic E-state index is 0.111. The number of pyridine rings is 1. The van der Waals surface area contributed by atoms with E-state index >= 15 is 0 Å². The SMILES string of the molecule is CN(C)Sc1ccc(Nc2nn(C(CC#N)C3CC3(F)F)c3cc[nH]c(=O)c23)cc1. The third kappa shape index (κ3) is 3.91. The molecule has 0 saturated heterocycles. The molecule has 2 unspecified atom stereocenters. The summed E-state index contributed by atoms with van der Waals surface area (Å²) in [6.45, 7) is 0. The van der Waals surface area contributed by atoms with Gasteiger partial charge in [0.05, 0.1) is 30.0 Å². The number of halogens is 2. The molecule has 10 heteroatoms. The van der Waals surface area contributed by atoms with Crippen molar-refractivity contribution in [2.75, 3.05) is 19.4 Å². The van der Waals surface area contributed by atoms with Crippen LogP contribution in [0.5, 0.6) is 0 Å². The molecule has 30 heavy (non-hydrogen) atoms. The highest BCUT2D eigenvalue weighted by Gasteiger charge is 2.61. The van der Waals surface area contributed by atoms with Gasteiger partial charge in [0.25, 0.3) is 11.5 Å². The molecule has 7 nitrogen and oxygen atoms in total. The maximum atomic E-state index is 13.8. The quantitative estimate of drug-likeness (QED) is 0.548. The first kappa shape index (κ1) is 20.4. The number of nitrogens with zero attached hydrogens (tertiary/aromatic N) is 4. The Hall–Kier alpha value is -2.90. The summed E-state index contributed by atoms with van der Waals surface area (Å²) in [6, 6.07) is 10.4. The van der Waals surface area contributed by atoms with Gasteiger partial charge in [-0.1, -0.05) is 0 Å². The topological polar surface area (TPSA) is 89.7 Å². The summed E-state index contributed by atoms with van der Waals surface area (Å²) in [5, 5.41) is 17.0. The highest BCUT2D eigenvalue weighted by atomic mass is 32.2. The lowest BCUT2D eigenvalue weighted by Gasteiger charge is -2.15. The first-order valence-electron chi connectivity index (χ1n) is 9.37. The van der Waals surface area contributed by atoms with E-state index in [1.807, 2.05) is 48.7 Å². The van der Waals surface area contributed by atoms with Gasteiger partial charge in [0, 0.05) is 23.2 Å². The Morgan fingerprint density at radius 2 is 2.10 bits per heavy atom. The van der Waals surface area contributed by atoms with E-state index in [0.717, 1.165) is 4.90 Å². The molecule has 4 rings (SSSR count). The summed E-state index contributed by atoms with van der Waals surface area (Å²) in [5.41, 5.74) is 0.754. The zero-order chi connectivity index (χ0) is 21.5. The van der Waals surface area contributed by atoms with Crippen LogP contribution in [0.25, 0.3) is 10.9 Å². The van der Waals surface area contributed by atoms with Crippen LogP contribution in [0.1, 0.15) is 18.9 Å². The van der Waals surface area contributed by atoms with Crippen LogP contribution in [0.3, 0.4) is 0 Å². The van der Waals surface area contributed by atoms with Gasteiger partial charge in [-0.25, -0.2) is 8.78 Å². The Morgan fingerprint density at radius 1 is 1.40 bits per heavy atom. The molecule has 2 atom stereocenters. The van der Waals surface area contributed by atoms with Crippen molar-refractivity contribution in [3.8, 4) is 6.07 Å². The lowest BCUT2D eigenvalue weighted by atomic mass is 10.1. The van der Waals surface area contributed by atoms with Gasteiger partial charge >= 0.3 is 0 Å². The van der Waals surface area contributed by atoms with E-state index in [1.165, 1.54) is 10.9 Å². The Kier molecular flexibility index (Phi) is 5.26. The predicted octanol–water partition coefficient (Wildman–Crippen LogP) is 4.15. The molecule has 1 aliphatic rings. The third-order valence-corrected chi connectivity index (χ3v) is 5.84. The average molecular weight is 430 g/mol. The first-order valence-corrected chi connectivity index (χ1v) is 10.1. The van der Waals surface area contributed by atoms with Gasteiger partial charge in [-0.2, -0.15) is 10.4 Å². The van der Waals surface area contributed by atoms with Crippen molar-refractivity contribution in [2.24, 2.45) is 5.92 Å². The molecule has 1 saturated carbocycles. The standard InChI is InChI=1S/C20H20F2N6OS/c1-27(2)30-13-5-3-12(4-6-13)25-18-17-16(8-10-24-19(17)29)28(26-18)15(7-9-23)14-11-20(14,21)22/h3-6,8,10,14-15H,7,11H2,1-2H3,(H,24,29)(H,25,26). The maximum absolute atomic E-state index is 13.8. The minimum atomic E-state index is -2.81. The Labute approximate surface area is 175 Å². The second kappa shape index (κ2) is 7.74. The van der Waals surface area contributed by atoms with E-state index < -0.39 is 17.9 Å². The molecule has 0 amide bonds. The van der Waals surface area contributed by atoms with E-state index in [9.17, 15) is 18.8 Å². The van der Waals surface area contributed by atoms with Gasteiger partial charge in [-0.15, -0.1) is 0 Å². The highest BCUT2D eigenvalue weighted by molar-refractivity contribution is 7.97. The van der Waals surface area contributed by atoms with Gasteiger partial charge in [0.15, 0.2) is 5.82 Å². The largest absolute Gasteiger partial charge is 0.338 e. The molecule has 0 bridgehead atoms. The molecule has 1 aromatic carbocycles. The van der Waals surface area contributed by atoms with Gasteiger partial charge < -0.3 is 10.3 Å². The molecule has 1 fully saturated rings. The molecule has 2 aromatic heterocycles. The van der Waals surface area contributed by atoms with Gasteiger partial charge in [-0.05, 0) is 56.4 Å². The number of hydrogen-bond acceptors (Lipinski definition) is 6. The molecule has 1 aliphatic carbocycles. The summed E-state index contributed by atoms with van der Waals surface area (Å²) in [5.74, 6) is -3.50. The van der Waals surface area contributed by atoms with Crippen molar-refractivity contribution in [1.29, 1.82) is 5.26 Å². The van der Waals surface area contributed by atoms with Gasteiger partial charge in [-0.3, -0.25) is 13.8 Å². The smallest absolute Gasteiger partial charge is 0.261 e. The number of nitrogens with one attached hydrogen (secondary N) is 2. The first-order chi connectivity index (χ1) is 14.3. The predicted molar refractivity (Wildman–Crippen MR) is 112 cm³/mol. The number of rotatable bonds is 7. The fourth-order valence-corrected chi connectivity index (χ4v) is 4.21. The van der Waals surface area contributed by atoms with Crippen LogP contribution in [0, 0.1) is 17.2 Å².